The molecule has 0 amide bonds. The molecule has 1 unspecified atom stereocenters. The fourth-order valence-corrected chi connectivity index (χ4v) is 2.00. The van der Waals surface area contributed by atoms with Crippen molar-refractivity contribution in [2.75, 3.05) is 18.5 Å². The minimum absolute atomic E-state index is 0.127. The van der Waals surface area contributed by atoms with E-state index < -0.39 is 6.10 Å². The van der Waals surface area contributed by atoms with Gasteiger partial charge in [-0.25, -0.2) is 4.39 Å². The Kier molecular flexibility index (Phi) is 5.42. The molecule has 2 N–H and O–H groups in total. The summed E-state index contributed by atoms with van der Waals surface area (Å²) in [6.07, 6.45) is -0.716. The molecule has 1 atom stereocenters. The van der Waals surface area contributed by atoms with Gasteiger partial charge >= 0.3 is 0 Å². The SMILES string of the molecule is Cc1ccc(F)cc1NCC(O)COc1cccc(Cl)c1. The molecule has 2 aromatic rings. The van der Waals surface area contributed by atoms with E-state index in [0.717, 1.165) is 5.56 Å². The Morgan fingerprint density at radius 1 is 1.29 bits per heavy atom. The van der Waals surface area contributed by atoms with Crippen LogP contribution in [0, 0.1) is 12.7 Å². The van der Waals surface area contributed by atoms with Gasteiger partial charge in [-0.15, -0.1) is 0 Å². The van der Waals surface area contributed by atoms with Crippen LogP contribution in [0.2, 0.25) is 5.02 Å². The van der Waals surface area contributed by atoms with Gasteiger partial charge in [-0.2, -0.15) is 0 Å². The van der Waals surface area contributed by atoms with E-state index in [1.165, 1.54) is 12.1 Å². The Labute approximate surface area is 128 Å². The first-order valence-electron chi connectivity index (χ1n) is 6.61. The largest absolute Gasteiger partial charge is 0.491 e. The van der Waals surface area contributed by atoms with E-state index in [1.807, 2.05) is 6.92 Å². The number of hydrogen-bond acceptors (Lipinski definition) is 3. The highest BCUT2D eigenvalue weighted by molar-refractivity contribution is 6.30. The Balaban J connectivity index is 1.82. The van der Waals surface area contributed by atoms with E-state index in [4.69, 9.17) is 16.3 Å². The van der Waals surface area contributed by atoms with Crippen molar-refractivity contribution in [1.82, 2.24) is 0 Å². The summed E-state index contributed by atoms with van der Waals surface area (Å²) in [5.41, 5.74) is 1.58. The molecule has 5 heteroatoms. The number of benzene rings is 2. The summed E-state index contributed by atoms with van der Waals surface area (Å²) in [6, 6.07) is 11.5. The lowest BCUT2D eigenvalue weighted by atomic mass is 10.2. The van der Waals surface area contributed by atoms with Gasteiger partial charge in [0, 0.05) is 17.3 Å². The maximum atomic E-state index is 13.1. The first kappa shape index (κ1) is 15.6. The smallest absolute Gasteiger partial charge is 0.125 e. The van der Waals surface area contributed by atoms with E-state index in [0.29, 0.717) is 16.5 Å². The topological polar surface area (TPSA) is 41.5 Å². The fraction of sp³-hybridized carbons (Fsp3) is 0.250. The highest BCUT2D eigenvalue weighted by atomic mass is 35.5. The van der Waals surface area contributed by atoms with Crippen LogP contribution in [0.5, 0.6) is 5.75 Å². The van der Waals surface area contributed by atoms with Crippen LogP contribution >= 0.6 is 11.6 Å². The number of ether oxygens (including phenoxy) is 1. The van der Waals surface area contributed by atoms with Crippen molar-refractivity contribution in [2.24, 2.45) is 0 Å². The average molecular weight is 310 g/mol. The van der Waals surface area contributed by atoms with Crippen molar-refractivity contribution < 1.29 is 14.2 Å². The van der Waals surface area contributed by atoms with Crippen LogP contribution in [0.15, 0.2) is 42.5 Å². The summed E-state index contributed by atoms with van der Waals surface area (Å²) in [6.45, 7) is 2.27. The molecule has 21 heavy (non-hydrogen) atoms. The molecule has 2 aromatic carbocycles. The summed E-state index contributed by atoms with van der Waals surface area (Å²) in [4.78, 5) is 0. The molecule has 0 saturated carbocycles. The third kappa shape index (κ3) is 4.92. The maximum Gasteiger partial charge on any atom is 0.125 e. The average Bonchev–Trinajstić information content (AvgIpc) is 2.46. The molecule has 0 bridgehead atoms. The van der Waals surface area contributed by atoms with E-state index in [9.17, 15) is 9.50 Å². The van der Waals surface area contributed by atoms with Crippen LogP contribution in [0.3, 0.4) is 0 Å². The molecule has 0 fully saturated rings. The number of halogens is 2. The van der Waals surface area contributed by atoms with Crippen LogP contribution in [0.25, 0.3) is 0 Å². The molecule has 0 aliphatic heterocycles. The Hall–Kier alpha value is -1.78. The van der Waals surface area contributed by atoms with Gasteiger partial charge in [0.25, 0.3) is 0 Å². The van der Waals surface area contributed by atoms with Crippen molar-refractivity contribution in [3.05, 3.63) is 58.9 Å². The monoisotopic (exact) mass is 309 g/mol. The van der Waals surface area contributed by atoms with Crippen LogP contribution in [-0.2, 0) is 0 Å². The molecule has 0 aliphatic rings. The zero-order valence-electron chi connectivity index (χ0n) is 11.6. The lowest BCUT2D eigenvalue weighted by molar-refractivity contribution is 0.117. The zero-order chi connectivity index (χ0) is 15.2. The molecule has 2 rings (SSSR count). The molecule has 0 aliphatic carbocycles. The number of nitrogens with one attached hydrogen (secondary N) is 1. The Morgan fingerprint density at radius 2 is 2.10 bits per heavy atom. The van der Waals surface area contributed by atoms with Gasteiger partial charge in [-0.1, -0.05) is 23.7 Å². The normalized spacial score (nSPS) is 12.0. The van der Waals surface area contributed by atoms with Gasteiger partial charge in [0.15, 0.2) is 0 Å². The van der Waals surface area contributed by atoms with Gasteiger partial charge in [-0.05, 0) is 42.8 Å². The summed E-state index contributed by atoms with van der Waals surface area (Å²) in [5.74, 6) is 0.288. The lowest BCUT2D eigenvalue weighted by Gasteiger charge is -2.15. The molecule has 0 heterocycles. The number of aliphatic hydroxyl groups is 1. The lowest BCUT2D eigenvalue weighted by Crippen LogP contribution is -2.26. The molecule has 0 radical (unpaired) electrons. The second kappa shape index (κ2) is 7.29. The van der Waals surface area contributed by atoms with E-state index >= 15 is 0 Å². The molecular formula is C16H17ClFNO2. The molecular weight excluding hydrogens is 293 g/mol. The Morgan fingerprint density at radius 3 is 2.86 bits per heavy atom. The molecule has 0 spiro atoms. The predicted octanol–water partition coefficient (Wildman–Crippen LogP) is 3.64. The van der Waals surface area contributed by atoms with Gasteiger partial charge in [0.05, 0.1) is 0 Å². The third-order valence-corrected chi connectivity index (χ3v) is 3.20. The number of anilines is 1. The number of rotatable bonds is 6. The van der Waals surface area contributed by atoms with Gasteiger partial charge in [0.1, 0.15) is 24.3 Å². The number of aliphatic hydroxyl groups excluding tert-OH is 1. The van der Waals surface area contributed by atoms with Crippen molar-refractivity contribution >= 4 is 17.3 Å². The number of aryl methyl sites for hydroxylation is 1. The van der Waals surface area contributed by atoms with Crippen LogP contribution in [-0.4, -0.2) is 24.4 Å². The van der Waals surface area contributed by atoms with E-state index in [2.05, 4.69) is 5.32 Å². The van der Waals surface area contributed by atoms with Crippen LogP contribution in [0.4, 0.5) is 10.1 Å². The summed E-state index contributed by atoms with van der Waals surface area (Å²) in [7, 11) is 0. The van der Waals surface area contributed by atoms with Crippen molar-refractivity contribution in [3.8, 4) is 5.75 Å². The molecule has 112 valence electrons. The van der Waals surface area contributed by atoms with Crippen molar-refractivity contribution in [3.63, 3.8) is 0 Å². The van der Waals surface area contributed by atoms with Crippen molar-refractivity contribution in [2.45, 2.75) is 13.0 Å². The standard InChI is InChI=1S/C16H17ClFNO2/c1-11-5-6-13(18)8-16(11)19-9-14(20)10-21-15-4-2-3-12(17)7-15/h2-8,14,19-20H,9-10H2,1H3. The second-order valence-corrected chi connectivity index (χ2v) is 5.20. The van der Waals surface area contributed by atoms with E-state index in [-0.39, 0.29) is 19.0 Å². The first-order valence-corrected chi connectivity index (χ1v) is 6.99. The van der Waals surface area contributed by atoms with Gasteiger partial charge in [0.2, 0.25) is 0 Å². The predicted molar refractivity (Wildman–Crippen MR) is 82.6 cm³/mol. The molecule has 0 aromatic heterocycles. The molecule has 3 nitrogen and oxygen atoms in total. The highest BCUT2D eigenvalue weighted by Crippen LogP contribution is 2.18. The number of hydrogen-bond donors (Lipinski definition) is 2. The Bertz CT molecular complexity index is 607. The quantitative estimate of drug-likeness (QED) is 0.856. The minimum atomic E-state index is -0.716. The van der Waals surface area contributed by atoms with Crippen LogP contribution < -0.4 is 10.1 Å². The highest BCUT2D eigenvalue weighted by Gasteiger charge is 2.07. The summed E-state index contributed by atoms with van der Waals surface area (Å²) >= 11 is 5.84. The van der Waals surface area contributed by atoms with Crippen molar-refractivity contribution in [1.29, 1.82) is 0 Å². The van der Waals surface area contributed by atoms with Gasteiger partial charge < -0.3 is 15.2 Å². The minimum Gasteiger partial charge on any atom is -0.491 e. The van der Waals surface area contributed by atoms with Crippen LogP contribution in [0.1, 0.15) is 5.56 Å². The van der Waals surface area contributed by atoms with E-state index in [1.54, 1.807) is 30.3 Å². The third-order valence-electron chi connectivity index (χ3n) is 2.97. The summed E-state index contributed by atoms with van der Waals surface area (Å²) in [5, 5.41) is 13.5. The zero-order valence-corrected chi connectivity index (χ0v) is 12.4. The fourth-order valence-electron chi connectivity index (χ4n) is 1.82. The maximum absolute atomic E-state index is 13.1. The first-order chi connectivity index (χ1) is 10.0. The second-order valence-electron chi connectivity index (χ2n) is 4.76. The summed E-state index contributed by atoms with van der Waals surface area (Å²) < 4.78 is 18.6. The van der Waals surface area contributed by atoms with Gasteiger partial charge in [-0.3, -0.25) is 0 Å². The molecule has 0 saturated heterocycles.